The Kier molecular flexibility index (Phi) is 7.76. The number of carbonyl (C=O) groups is 1. The van der Waals surface area contributed by atoms with Gasteiger partial charge in [-0.15, -0.1) is 0 Å². The molecule has 0 fully saturated rings. The molecule has 1 unspecified atom stereocenters. The Labute approximate surface area is 100 Å². The second-order valence-corrected chi connectivity index (χ2v) is 4.55. The van der Waals surface area contributed by atoms with Crippen LogP contribution in [0, 0.1) is 0 Å². The number of carbonyl (C=O) groups excluding carboxylic acids is 1. The van der Waals surface area contributed by atoms with E-state index in [0.717, 1.165) is 0 Å². The maximum Gasteiger partial charge on any atom is 0.189 e. The summed E-state index contributed by atoms with van der Waals surface area (Å²) in [5.74, 6) is 0.740. The molecule has 0 aliphatic heterocycles. The van der Waals surface area contributed by atoms with E-state index in [0.29, 0.717) is 18.6 Å². The molecule has 0 amide bonds. The molecule has 0 aromatic heterocycles. The van der Waals surface area contributed by atoms with Crippen LogP contribution in [0.3, 0.4) is 0 Å². The number of aliphatic hydroxyl groups is 2. The van der Waals surface area contributed by atoms with Crippen LogP contribution in [-0.4, -0.2) is 27.1 Å². The third-order valence-corrected chi connectivity index (χ3v) is 2.95. The third kappa shape index (κ3) is 7.36. The lowest BCUT2D eigenvalue weighted by atomic mass is 10.2. The Morgan fingerprint density at radius 1 is 1.50 bits per heavy atom. The summed E-state index contributed by atoms with van der Waals surface area (Å²) < 4.78 is 0. The van der Waals surface area contributed by atoms with Crippen molar-refractivity contribution in [1.82, 2.24) is 0 Å². The van der Waals surface area contributed by atoms with Gasteiger partial charge in [0.15, 0.2) is 5.12 Å². The molecule has 0 aliphatic rings. The van der Waals surface area contributed by atoms with Crippen LogP contribution in [0.2, 0.25) is 0 Å². The van der Waals surface area contributed by atoms with E-state index in [1.807, 2.05) is 0 Å². The average Bonchev–Trinajstić information content (AvgIpc) is 2.24. The van der Waals surface area contributed by atoms with Gasteiger partial charge in [-0.1, -0.05) is 18.3 Å². The summed E-state index contributed by atoms with van der Waals surface area (Å²) in [5, 5.41) is 18.1. The van der Waals surface area contributed by atoms with Crippen molar-refractivity contribution in [3.05, 3.63) is 24.2 Å². The fourth-order valence-corrected chi connectivity index (χ4v) is 1.83. The summed E-state index contributed by atoms with van der Waals surface area (Å²) in [4.78, 5) is 11.3. The smallest absolute Gasteiger partial charge is 0.189 e. The van der Waals surface area contributed by atoms with E-state index in [1.165, 1.54) is 11.8 Å². The van der Waals surface area contributed by atoms with Crippen LogP contribution in [-0.2, 0) is 4.79 Å². The van der Waals surface area contributed by atoms with Crippen LogP contribution in [0.4, 0.5) is 0 Å². The quantitative estimate of drug-likeness (QED) is 0.599. The van der Waals surface area contributed by atoms with Crippen LogP contribution in [0.25, 0.3) is 0 Å². The summed E-state index contributed by atoms with van der Waals surface area (Å²) in [7, 11) is 0. The highest BCUT2D eigenvalue weighted by Gasteiger charge is 2.09. The molecule has 0 rings (SSSR count). The second kappa shape index (κ2) is 8.24. The fourth-order valence-electron chi connectivity index (χ4n) is 0.980. The minimum atomic E-state index is -0.405. The van der Waals surface area contributed by atoms with Gasteiger partial charge in [-0.3, -0.25) is 4.79 Å². The van der Waals surface area contributed by atoms with Crippen LogP contribution in [0.1, 0.15) is 26.2 Å². The van der Waals surface area contributed by atoms with Crippen molar-refractivity contribution in [1.29, 1.82) is 0 Å². The first kappa shape index (κ1) is 15.1. The van der Waals surface area contributed by atoms with Gasteiger partial charge < -0.3 is 15.9 Å². The first-order valence-electron chi connectivity index (χ1n) is 5.10. The molecule has 0 aromatic carbocycles. The molecule has 16 heavy (non-hydrogen) atoms. The van der Waals surface area contributed by atoms with Crippen molar-refractivity contribution < 1.29 is 15.0 Å². The van der Waals surface area contributed by atoms with Crippen molar-refractivity contribution in [3.63, 3.8) is 0 Å². The van der Waals surface area contributed by atoms with Crippen molar-refractivity contribution in [2.75, 3.05) is 5.75 Å². The van der Waals surface area contributed by atoms with Crippen LogP contribution < -0.4 is 5.73 Å². The minimum Gasteiger partial charge on any atom is -0.513 e. The molecule has 0 aliphatic carbocycles. The molecule has 0 radical (unpaired) electrons. The lowest BCUT2D eigenvalue weighted by molar-refractivity contribution is -0.111. The number of allylic oxidation sites excluding steroid dienone is 2. The molecule has 92 valence electrons. The molecule has 1 atom stereocenters. The molecule has 0 aromatic rings. The highest BCUT2D eigenvalue weighted by atomic mass is 32.2. The van der Waals surface area contributed by atoms with Crippen molar-refractivity contribution in [2.24, 2.45) is 5.73 Å². The van der Waals surface area contributed by atoms with Gasteiger partial charge in [-0.25, -0.2) is 0 Å². The summed E-state index contributed by atoms with van der Waals surface area (Å²) in [6.07, 6.45) is 2.68. The molecule has 0 heterocycles. The maximum atomic E-state index is 11.3. The number of nitrogens with two attached hydrogens (primary N) is 1. The topological polar surface area (TPSA) is 83.5 Å². The van der Waals surface area contributed by atoms with Gasteiger partial charge in [0.1, 0.15) is 5.76 Å². The highest BCUT2D eigenvalue weighted by molar-refractivity contribution is 8.13. The van der Waals surface area contributed by atoms with E-state index in [4.69, 9.17) is 10.8 Å². The van der Waals surface area contributed by atoms with Crippen LogP contribution in [0.5, 0.6) is 0 Å². The Balaban J connectivity index is 3.66. The molecule has 5 heteroatoms. The van der Waals surface area contributed by atoms with E-state index in [-0.39, 0.29) is 23.1 Å². The lowest BCUT2D eigenvalue weighted by Gasteiger charge is -2.09. The zero-order valence-electron chi connectivity index (χ0n) is 9.48. The van der Waals surface area contributed by atoms with Crippen molar-refractivity contribution in [3.8, 4) is 0 Å². The number of aliphatic hydroxyl groups excluding tert-OH is 2. The maximum absolute atomic E-state index is 11.3. The summed E-state index contributed by atoms with van der Waals surface area (Å²) in [6, 6.07) is -0.405. The zero-order valence-corrected chi connectivity index (χ0v) is 10.3. The zero-order chi connectivity index (χ0) is 12.6. The normalized spacial score (nSPS) is 13.5. The molecule has 0 bridgehead atoms. The van der Waals surface area contributed by atoms with Crippen molar-refractivity contribution >= 4 is 16.9 Å². The largest absolute Gasteiger partial charge is 0.513 e. The van der Waals surface area contributed by atoms with E-state index in [2.05, 4.69) is 6.58 Å². The Morgan fingerprint density at radius 3 is 2.62 bits per heavy atom. The van der Waals surface area contributed by atoms with Gasteiger partial charge in [-0.05, 0) is 19.4 Å². The van der Waals surface area contributed by atoms with Gasteiger partial charge in [0.25, 0.3) is 0 Å². The molecule has 0 saturated heterocycles. The monoisotopic (exact) mass is 245 g/mol. The first-order valence-corrected chi connectivity index (χ1v) is 6.09. The Morgan fingerprint density at radius 2 is 2.12 bits per heavy atom. The van der Waals surface area contributed by atoms with Gasteiger partial charge >= 0.3 is 0 Å². The van der Waals surface area contributed by atoms with Gasteiger partial charge in [0.2, 0.25) is 0 Å². The van der Waals surface area contributed by atoms with Crippen LogP contribution >= 0.6 is 11.8 Å². The summed E-state index contributed by atoms with van der Waals surface area (Å²) in [6.45, 7) is 5.01. The first-order chi connectivity index (χ1) is 7.47. The Bertz CT molecular complexity index is 276. The van der Waals surface area contributed by atoms with Gasteiger partial charge in [-0.2, -0.15) is 0 Å². The number of hydrogen-bond donors (Lipinski definition) is 3. The summed E-state index contributed by atoms with van der Waals surface area (Å²) in [5.41, 5.74) is 5.64. The van der Waals surface area contributed by atoms with E-state index < -0.39 is 6.04 Å². The molecule has 0 spiro atoms. The predicted octanol–water partition coefficient (Wildman–Crippen LogP) is 2.28. The number of thioether (sulfide) groups is 1. The number of rotatable bonds is 7. The molecule has 4 N–H and O–H groups in total. The molecular formula is C11H19NO3S. The molecule has 4 nitrogen and oxygen atoms in total. The SMILES string of the molecule is C=C(O)CCC(=O)SCCC(N)C(O)=CC. The standard InChI is InChI=1S/C11H19NO3S/c1-3-10(14)9(12)6-7-16-11(15)5-4-8(2)13/h3,9,13-14H,2,4-7,12H2,1H3. The van der Waals surface area contributed by atoms with E-state index in [1.54, 1.807) is 13.0 Å². The highest BCUT2D eigenvalue weighted by Crippen LogP contribution is 2.13. The van der Waals surface area contributed by atoms with Gasteiger partial charge in [0, 0.05) is 18.6 Å². The minimum absolute atomic E-state index is 0.00219. The molecular weight excluding hydrogens is 226 g/mol. The Hall–Kier alpha value is -0.940. The number of hydrogen-bond acceptors (Lipinski definition) is 5. The summed E-state index contributed by atoms with van der Waals surface area (Å²) >= 11 is 1.17. The average molecular weight is 245 g/mol. The molecule has 0 saturated carbocycles. The van der Waals surface area contributed by atoms with E-state index >= 15 is 0 Å². The van der Waals surface area contributed by atoms with Crippen LogP contribution in [0.15, 0.2) is 24.2 Å². The lowest BCUT2D eigenvalue weighted by Crippen LogP contribution is -2.23. The predicted molar refractivity (Wildman–Crippen MR) is 67.4 cm³/mol. The second-order valence-electron chi connectivity index (χ2n) is 3.40. The third-order valence-electron chi connectivity index (χ3n) is 1.99. The fraction of sp³-hybridized carbons (Fsp3) is 0.545. The van der Waals surface area contributed by atoms with Gasteiger partial charge in [0.05, 0.1) is 11.8 Å². The van der Waals surface area contributed by atoms with Crippen molar-refractivity contribution in [2.45, 2.75) is 32.2 Å². The van der Waals surface area contributed by atoms with E-state index in [9.17, 15) is 9.90 Å².